The molecule has 9 nitrogen and oxygen atoms in total. The van der Waals surface area contributed by atoms with E-state index in [0.717, 1.165) is 6.07 Å². The Balaban J connectivity index is 1.73. The highest BCUT2D eigenvalue weighted by Gasteiger charge is 2.30. The zero-order valence-electron chi connectivity index (χ0n) is 21.1. The molecule has 1 aromatic carbocycles. The van der Waals surface area contributed by atoms with Crippen molar-refractivity contribution in [1.82, 2.24) is 19.8 Å². The first-order chi connectivity index (χ1) is 18.5. The summed E-state index contributed by atoms with van der Waals surface area (Å²) in [7, 11) is 0. The number of pyridine rings is 1. The minimum atomic E-state index is -4.52. The van der Waals surface area contributed by atoms with E-state index in [-0.39, 0.29) is 34.1 Å². The Labute approximate surface area is 220 Å². The molecular formula is C26H28F4N4O5. The number of rotatable bonds is 8. The number of likely N-dealkylation sites (tertiary alicyclic amines) is 1. The van der Waals surface area contributed by atoms with Crippen LogP contribution < -0.4 is 15.6 Å². The molecule has 0 bridgehead atoms. The molecule has 13 heteroatoms. The summed E-state index contributed by atoms with van der Waals surface area (Å²) in [5.41, 5.74) is 0.00532. The molecular weight excluding hydrogens is 524 g/mol. The summed E-state index contributed by atoms with van der Waals surface area (Å²) in [6, 6.07) is 6.54. The Morgan fingerprint density at radius 3 is 2.54 bits per heavy atom. The molecule has 0 spiro atoms. The van der Waals surface area contributed by atoms with Gasteiger partial charge in [-0.05, 0) is 43.5 Å². The number of aryl methyl sites for hydroxylation is 1. The SMILES string of the molecule is CCc1cc2[nH]c(C(=O)NC3CCN(C(=O)CO)CC3)c(OCCC(F)(F)F)c2c(=O)n1-c1cccc(F)c1. The first kappa shape index (κ1) is 28.1. The standard InChI is InChI=1S/C26H28F4N4O5/c1-2-17-13-19-21(25(38)34(17)18-5-3-4-15(27)12-18)23(39-11-8-26(28,29)30)22(32-19)24(37)31-16-6-9-33(10-7-16)20(36)14-35/h3-5,12-13,16,32,35H,2,6-11,14H2,1H3,(H,31,37). The number of nitrogens with zero attached hydrogens (tertiary/aromatic N) is 2. The quantitative estimate of drug-likeness (QED) is 0.372. The lowest BCUT2D eigenvalue weighted by molar-refractivity contribution is -0.139. The maximum absolute atomic E-state index is 14.0. The number of ether oxygens (including phenoxy) is 1. The van der Waals surface area contributed by atoms with Gasteiger partial charge in [0.15, 0.2) is 5.75 Å². The average molecular weight is 553 g/mol. The summed E-state index contributed by atoms with van der Waals surface area (Å²) < 4.78 is 59.3. The number of piperidine rings is 1. The van der Waals surface area contributed by atoms with Crippen LogP contribution in [0.4, 0.5) is 17.6 Å². The second kappa shape index (κ2) is 11.5. The lowest BCUT2D eigenvalue weighted by atomic mass is 10.0. The van der Waals surface area contributed by atoms with Gasteiger partial charge in [-0.2, -0.15) is 13.2 Å². The number of aromatic amines is 1. The summed E-state index contributed by atoms with van der Waals surface area (Å²) in [5.74, 6) is -2.01. The lowest BCUT2D eigenvalue weighted by Crippen LogP contribution is -2.47. The first-order valence-corrected chi connectivity index (χ1v) is 12.5. The minimum absolute atomic E-state index is 0.132. The van der Waals surface area contributed by atoms with Crippen LogP contribution in [-0.2, 0) is 11.2 Å². The molecule has 1 fully saturated rings. The van der Waals surface area contributed by atoms with Crippen molar-refractivity contribution in [3.8, 4) is 11.4 Å². The Morgan fingerprint density at radius 2 is 1.92 bits per heavy atom. The zero-order valence-corrected chi connectivity index (χ0v) is 21.1. The fraction of sp³-hybridized carbons (Fsp3) is 0.423. The topological polar surface area (TPSA) is 117 Å². The normalized spacial score (nSPS) is 14.6. The van der Waals surface area contributed by atoms with Gasteiger partial charge >= 0.3 is 6.18 Å². The van der Waals surface area contributed by atoms with Crippen LogP contribution in [0.3, 0.4) is 0 Å². The molecule has 1 saturated heterocycles. The number of halogens is 4. The van der Waals surface area contributed by atoms with E-state index in [1.807, 2.05) is 0 Å². The van der Waals surface area contributed by atoms with Gasteiger partial charge in [0.05, 0.1) is 24.2 Å². The third-order valence-electron chi connectivity index (χ3n) is 6.60. The average Bonchev–Trinajstić information content (AvgIpc) is 3.26. The van der Waals surface area contributed by atoms with Crippen molar-refractivity contribution in [3.05, 3.63) is 57.9 Å². The number of carbonyl (C=O) groups is 2. The summed E-state index contributed by atoms with van der Waals surface area (Å²) in [6.07, 6.45) is -4.67. The van der Waals surface area contributed by atoms with E-state index in [1.54, 1.807) is 13.0 Å². The van der Waals surface area contributed by atoms with Gasteiger partial charge in [-0.1, -0.05) is 13.0 Å². The van der Waals surface area contributed by atoms with Crippen molar-refractivity contribution in [3.63, 3.8) is 0 Å². The zero-order chi connectivity index (χ0) is 28.3. The molecule has 2 aromatic heterocycles. The van der Waals surface area contributed by atoms with Crippen molar-refractivity contribution >= 4 is 22.7 Å². The van der Waals surface area contributed by atoms with Gasteiger partial charge in [0.1, 0.15) is 23.5 Å². The maximum atomic E-state index is 14.0. The van der Waals surface area contributed by atoms with E-state index in [0.29, 0.717) is 38.0 Å². The Kier molecular flexibility index (Phi) is 8.28. The molecule has 39 heavy (non-hydrogen) atoms. The summed E-state index contributed by atoms with van der Waals surface area (Å²) in [4.78, 5) is 43.0. The minimum Gasteiger partial charge on any atom is -0.490 e. The number of hydrogen-bond acceptors (Lipinski definition) is 5. The highest BCUT2D eigenvalue weighted by Crippen LogP contribution is 2.31. The highest BCUT2D eigenvalue weighted by atomic mass is 19.4. The van der Waals surface area contributed by atoms with Gasteiger partial charge in [-0.15, -0.1) is 0 Å². The van der Waals surface area contributed by atoms with Crippen molar-refractivity contribution in [2.75, 3.05) is 26.3 Å². The number of aromatic nitrogens is 2. The van der Waals surface area contributed by atoms with Crippen molar-refractivity contribution in [1.29, 1.82) is 0 Å². The summed E-state index contributed by atoms with van der Waals surface area (Å²) in [5, 5.41) is 11.7. The number of carbonyl (C=O) groups excluding carboxylic acids is 2. The summed E-state index contributed by atoms with van der Waals surface area (Å²) >= 11 is 0. The van der Waals surface area contributed by atoms with Gasteiger partial charge in [0.25, 0.3) is 11.5 Å². The summed E-state index contributed by atoms with van der Waals surface area (Å²) in [6.45, 7) is 0.959. The number of amides is 2. The second-order valence-corrected chi connectivity index (χ2v) is 9.23. The molecule has 4 rings (SSSR count). The molecule has 3 aromatic rings. The van der Waals surface area contributed by atoms with Crippen LogP contribution >= 0.6 is 0 Å². The molecule has 210 valence electrons. The van der Waals surface area contributed by atoms with E-state index in [4.69, 9.17) is 9.84 Å². The third kappa shape index (κ3) is 6.24. The van der Waals surface area contributed by atoms with Gasteiger partial charge in [-0.3, -0.25) is 19.0 Å². The molecule has 1 aliphatic rings. The molecule has 1 aliphatic heterocycles. The first-order valence-electron chi connectivity index (χ1n) is 12.5. The van der Waals surface area contributed by atoms with Gasteiger partial charge in [0, 0.05) is 24.8 Å². The van der Waals surface area contributed by atoms with Gasteiger partial charge in [-0.25, -0.2) is 4.39 Å². The van der Waals surface area contributed by atoms with Crippen LogP contribution in [0.1, 0.15) is 42.4 Å². The van der Waals surface area contributed by atoms with E-state index in [9.17, 15) is 31.9 Å². The smallest absolute Gasteiger partial charge is 0.392 e. The van der Waals surface area contributed by atoms with Crippen LogP contribution in [0.25, 0.3) is 16.6 Å². The molecule has 3 N–H and O–H groups in total. The monoisotopic (exact) mass is 552 g/mol. The van der Waals surface area contributed by atoms with Crippen molar-refractivity contribution in [2.45, 2.75) is 44.8 Å². The number of aliphatic hydroxyl groups is 1. The van der Waals surface area contributed by atoms with Crippen LogP contribution in [0.15, 0.2) is 35.1 Å². The van der Waals surface area contributed by atoms with Crippen molar-refractivity contribution < 1.29 is 37.0 Å². The van der Waals surface area contributed by atoms with E-state index < -0.39 is 49.0 Å². The highest BCUT2D eigenvalue weighted by molar-refractivity contribution is 6.03. The lowest BCUT2D eigenvalue weighted by Gasteiger charge is -2.32. The molecule has 0 unspecified atom stereocenters. The predicted octanol–water partition coefficient (Wildman–Crippen LogP) is 3.06. The van der Waals surface area contributed by atoms with Crippen LogP contribution in [0.5, 0.6) is 5.75 Å². The van der Waals surface area contributed by atoms with E-state index >= 15 is 0 Å². The second-order valence-electron chi connectivity index (χ2n) is 9.23. The number of aliphatic hydroxyl groups excluding tert-OH is 1. The van der Waals surface area contributed by atoms with Crippen LogP contribution in [0.2, 0.25) is 0 Å². The number of fused-ring (bicyclic) bond motifs is 1. The largest absolute Gasteiger partial charge is 0.490 e. The maximum Gasteiger partial charge on any atom is 0.392 e. The van der Waals surface area contributed by atoms with E-state index in [1.165, 1.54) is 27.7 Å². The van der Waals surface area contributed by atoms with E-state index in [2.05, 4.69) is 10.3 Å². The number of H-pyrrole nitrogens is 1. The number of benzene rings is 1. The Bertz CT molecular complexity index is 1420. The van der Waals surface area contributed by atoms with Crippen molar-refractivity contribution in [2.24, 2.45) is 0 Å². The number of hydrogen-bond donors (Lipinski definition) is 3. The number of alkyl halides is 3. The molecule has 2 amide bonds. The molecule has 0 radical (unpaired) electrons. The Hall–Kier alpha value is -3.87. The van der Waals surface area contributed by atoms with Crippen LogP contribution in [0, 0.1) is 5.82 Å². The predicted molar refractivity (Wildman–Crippen MR) is 134 cm³/mol. The number of nitrogens with one attached hydrogen (secondary N) is 2. The van der Waals surface area contributed by atoms with Gasteiger partial charge < -0.3 is 25.0 Å². The molecule has 0 atom stereocenters. The van der Waals surface area contributed by atoms with Crippen LogP contribution in [-0.4, -0.2) is 69.9 Å². The third-order valence-corrected chi connectivity index (χ3v) is 6.60. The van der Waals surface area contributed by atoms with Gasteiger partial charge in [0.2, 0.25) is 5.91 Å². The fourth-order valence-electron chi connectivity index (χ4n) is 4.66. The molecule has 3 heterocycles. The molecule has 0 aliphatic carbocycles. The fourth-order valence-corrected chi connectivity index (χ4v) is 4.66. The Morgan fingerprint density at radius 1 is 1.21 bits per heavy atom. The molecule has 0 saturated carbocycles.